The lowest BCUT2D eigenvalue weighted by atomic mass is 9.79. The van der Waals surface area contributed by atoms with Crippen molar-refractivity contribution in [2.45, 2.75) is 44.8 Å². The Balaban J connectivity index is 1.71. The first-order valence-corrected chi connectivity index (χ1v) is 9.65. The molecule has 0 aromatic heterocycles. The molecule has 3 rings (SSSR count). The fourth-order valence-electron chi connectivity index (χ4n) is 3.76. The lowest BCUT2D eigenvalue weighted by Crippen LogP contribution is -2.44. The summed E-state index contributed by atoms with van der Waals surface area (Å²) in [5.41, 5.74) is 2.02. The molecule has 1 aliphatic heterocycles. The van der Waals surface area contributed by atoms with Crippen LogP contribution in [0, 0.1) is 0 Å². The molecule has 4 nitrogen and oxygen atoms in total. The highest BCUT2D eigenvalue weighted by Crippen LogP contribution is 2.35. The first-order chi connectivity index (χ1) is 12.9. The van der Waals surface area contributed by atoms with Gasteiger partial charge in [0, 0.05) is 25.0 Å². The van der Waals surface area contributed by atoms with Gasteiger partial charge in [-0.3, -0.25) is 4.90 Å². The third kappa shape index (κ3) is 5.33. The topological polar surface area (TPSA) is 41.6 Å². The van der Waals surface area contributed by atoms with E-state index in [9.17, 15) is 4.79 Å². The van der Waals surface area contributed by atoms with Gasteiger partial charge in [0.15, 0.2) is 0 Å². The minimum Gasteiger partial charge on any atom is -0.444 e. The molecule has 144 valence electrons. The summed E-state index contributed by atoms with van der Waals surface area (Å²) in [6.07, 6.45) is 0.666. The van der Waals surface area contributed by atoms with Crippen LogP contribution in [-0.2, 0) is 16.7 Å². The Labute approximate surface area is 162 Å². The molecular weight excluding hydrogens is 336 g/mol. The summed E-state index contributed by atoms with van der Waals surface area (Å²) < 4.78 is 5.44. The number of hydrogen-bond acceptors (Lipinski definition) is 3. The van der Waals surface area contributed by atoms with E-state index in [0.717, 1.165) is 26.1 Å². The molecule has 0 bridgehead atoms. The predicted molar refractivity (Wildman–Crippen MR) is 109 cm³/mol. The summed E-state index contributed by atoms with van der Waals surface area (Å²) in [4.78, 5) is 14.7. The lowest BCUT2D eigenvalue weighted by Gasteiger charge is -2.31. The van der Waals surface area contributed by atoms with E-state index >= 15 is 0 Å². The highest BCUT2D eigenvalue weighted by atomic mass is 16.6. The molecule has 1 atom stereocenters. The molecule has 1 saturated heterocycles. The van der Waals surface area contributed by atoms with Crippen LogP contribution in [0.3, 0.4) is 0 Å². The molecule has 1 N–H and O–H groups in total. The number of carbonyl (C=O) groups is 1. The maximum atomic E-state index is 12.2. The summed E-state index contributed by atoms with van der Waals surface area (Å²) >= 11 is 0. The first kappa shape index (κ1) is 19.4. The van der Waals surface area contributed by atoms with Crippen molar-refractivity contribution in [3.63, 3.8) is 0 Å². The molecule has 1 amide bonds. The molecule has 0 radical (unpaired) electrons. The number of benzene rings is 2. The van der Waals surface area contributed by atoms with Crippen LogP contribution in [-0.4, -0.2) is 36.2 Å². The van der Waals surface area contributed by atoms with Crippen molar-refractivity contribution >= 4 is 6.09 Å². The number of carbonyl (C=O) groups excluding carboxylic acids is 1. The highest BCUT2D eigenvalue weighted by Gasteiger charge is 2.40. The summed E-state index contributed by atoms with van der Waals surface area (Å²) in [6.45, 7) is 9.10. The van der Waals surface area contributed by atoms with Crippen LogP contribution in [0.1, 0.15) is 38.3 Å². The maximum Gasteiger partial charge on any atom is 0.407 e. The highest BCUT2D eigenvalue weighted by molar-refractivity contribution is 5.68. The van der Waals surface area contributed by atoms with Gasteiger partial charge in [-0.2, -0.15) is 0 Å². The fourth-order valence-corrected chi connectivity index (χ4v) is 3.76. The first-order valence-electron chi connectivity index (χ1n) is 9.65. The van der Waals surface area contributed by atoms with E-state index in [1.807, 2.05) is 32.9 Å². The zero-order valence-electron chi connectivity index (χ0n) is 16.6. The molecule has 1 unspecified atom stereocenters. The molecule has 27 heavy (non-hydrogen) atoms. The van der Waals surface area contributed by atoms with Crippen molar-refractivity contribution in [1.29, 1.82) is 0 Å². The Bertz CT molecular complexity index is 740. The summed E-state index contributed by atoms with van der Waals surface area (Å²) in [7, 11) is 0. The van der Waals surface area contributed by atoms with Crippen molar-refractivity contribution in [3.8, 4) is 0 Å². The monoisotopic (exact) mass is 366 g/mol. The Morgan fingerprint density at radius 1 is 1.07 bits per heavy atom. The SMILES string of the molecule is CC(C)(C)OC(=O)NCC1(c2ccccc2)CCN(Cc2ccccc2)C1. The van der Waals surface area contributed by atoms with Crippen LogP contribution in [0.5, 0.6) is 0 Å². The van der Waals surface area contributed by atoms with Gasteiger partial charge in [-0.05, 0) is 44.9 Å². The van der Waals surface area contributed by atoms with Crippen LogP contribution in [0.4, 0.5) is 4.79 Å². The zero-order valence-corrected chi connectivity index (χ0v) is 16.6. The van der Waals surface area contributed by atoms with Crippen molar-refractivity contribution in [2.75, 3.05) is 19.6 Å². The number of amides is 1. The largest absolute Gasteiger partial charge is 0.444 e. The molecule has 2 aromatic rings. The Kier molecular flexibility index (Phi) is 5.85. The molecule has 0 saturated carbocycles. The van der Waals surface area contributed by atoms with Gasteiger partial charge in [0.25, 0.3) is 0 Å². The van der Waals surface area contributed by atoms with Gasteiger partial charge in [0.05, 0.1) is 0 Å². The molecule has 1 heterocycles. The third-order valence-corrected chi connectivity index (χ3v) is 5.04. The molecule has 1 fully saturated rings. The number of likely N-dealkylation sites (tertiary alicyclic amines) is 1. The Morgan fingerprint density at radius 2 is 1.70 bits per heavy atom. The van der Waals surface area contributed by atoms with Crippen molar-refractivity contribution in [2.24, 2.45) is 0 Å². The predicted octanol–water partition coefficient (Wildman–Crippen LogP) is 4.36. The van der Waals surface area contributed by atoms with Gasteiger partial charge < -0.3 is 10.1 Å². The Hall–Kier alpha value is -2.33. The van der Waals surface area contributed by atoms with Gasteiger partial charge in [0.2, 0.25) is 0 Å². The smallest absolute Gasteiger partial charge is 0.407 e. The number of rotatable bonds is 5. The van der Waals surface area contributed by atoms with E-state index in [-0.39, 0.29) is 11.5 Å². The molecular formula is C23H30N2O2. The number of hydrogen-bond donors (Lipinski definition) is 1. The quantitative estimate of drug-likeness (QED) is 0.855. The van der Waals surface area contributed by atoms with Crippen molar-refractivity contribution in [3.05, 3.63) is 71.8 Å². The second kappa shape index (κ2) is 8.13. The van der Waals surface area contributed by atoms with E-state index in [1.54, 1.807) is 0 Å². The van der Waals surface area contributed by atoms with Crippen LogP contribution in [0.2, 0.25) is 0 Å². The average Bonchev–Trinajstić information content (AvgIpc) is 3.04. The molecule has 0 spiro atoms. The Morgan fingerprint density at radius 3 is 2.33 bits per heavy atom. The fraction of sp³-hybridized carbons (Fsp3) is 0.435. The average molecular weight is 367 g/mol. The molecule has 0 aliphatic carbocycles. The van der Waals surface area contributed by atoms with Gasteiger partial charge in [0.1, 0.15) is 5.60 Å². The van der Waals surface area contributed by atoms with Gasteiger partial charge in [-0.1, -0.05) is 60.7 Å². The normalized spacial score (nSPS) is 20.4. The summed E-state index contributed by atoms with van der Waals surface area (Å²) in [5.74, 6) is 0. The number of nitrogens with one attached hydrogen (secondary N) is 1. The second-order valence-electron chi connectivity index (χ2n) is 8.45. The van der Waals surface area contributed by atoms with Crippen LogP contribution >= 0.6 is 0 Å². The third-order valence-electron chi connectivity index (χ3n) is 5.04. The summed E-state index contributed by atoms with van der Waals surface area (Å²) in [5, 5.41) is 3.02. The van der Waals surface area contributed by atoms with E-state index in [1.165, 1.54) is 11.1 Å². The van der Waals surface area contributed by atoms with E-state index in [4.69, 9.17) is 4.74 Å². The van der Waals surface area contributed by atoms with Crippen molar-refractivity contribution in [1.82, 2.24) is 10.2 Å². The van der Waals surface area contributed by atoms with E-state index in [2.05, 4.69) is 58.7 Å². The zero-order chi connectivity index (χ0) is 19.3. The van der Waals surface area contributed by atoms with Gasteiger partial charge in [-0.15, -0.1) is 0 Å². The lowest BCUT2D eigenvalue weighted by molar-refractivity contribution is 0.0514. The van der Waals surface area contributed by atoms with Gasteiger partial charge >= 0.3 is 6.09 Å². The van der Waals surface area contributed by atoms with E-state index in [0.29, 0.717) is 6.54 Å². The van der Waals surface area contributed by atoms with Crippen LogP contribution < -0.4 is 5.32 Å². The molecule has 2 aromatic carbocycles. The maximum absolute atomic E-state index is 12.2. The van der Waals surface area contributed by atoms with Crippen molar-refractivity contribution < 1.29 is 9.53 Å². The second-order valence-corrected chi connectivity index (χ2v) is 8.45. The van der Waals surface area contributed by atoms with Gasteiger partial charge in [-0.25, -0.2) is 4.79 Å². The number of ether oxygens (including phenoxy) is 1. The number of nitrogens with zero attached hydrogens (tertiary/aromatic N) is 1. The molecule has 4 heteroatoms. The summed E-state index contributed by atoms with van der Waals surface area (Å²) in [6, 6.07) is 21.1. The van der Waals surface area contributed by atoms with Crippen LogP contribution in [0.15, 0.2) is 60.7 Å². The minimum absolute atomic E-state index is 0.0903. The number of alkyl carbamates (subject to hydrolysis) is 1. The van der Waals surface area contributed by atoms with Crippen LogP contribution in [0.25, 0.3) is 0 Å². The van der Waals surface area contributed by atoms with E-state index < -0.39 is 5.60 Å². The molecule has 1 aliphatic rings. The minimum atomic E-state index is -0.487. The standard InChI is InChI=1S/C23H30N2O2/c1-22(2,3)27-21(26)24-17-23(20-12-8-5-9-13-20)14-15-25(18-23)16-19-10-6-4-7-11-19/h4-13H,14-18H2,1-3H3,(H,24,26).